The first-order valence-corrected chi connectivity index (χ1v) is 5.97. The van der Waals surface area contributed by atoms with E-state index in [9.17, 15) is 8.78 Å². The highest BCUT2D eigenvalue weighted by Crippen LogP contribution is 2.11. The third kappa shape index (κ3) is 5.24. The molecule has 0 atom stereocenters. The van der Waals surface area contributed by atoms with Gasteiger partial charge in [0.15, 0.2) is 0 Å². The third-order valence-corrected chi connectivity index (χ3v) is 2.35. The van der Waals surface area contributed by atoms with E-state index in [0.29, 0.717) is 13.2 Å². The molecule has 4 heteroatoms. The summed E-state index contributed by atoms with van der Waals surface area (Å²) < 4.78 is 31.7. The molecule has 1 aromatic carbocycles. The normalized spacial score (nSPS) is 10.8. The minimum atomic E-state index is -0.500. The summed E-state index contributed by atoms with van der Waals surface area (Å²) in [6.45, 7) is 4.41. The number of hydrogen-bond acceptors (Lipinski definition) is 2. The van der Waals surface area contributed by atoms with Crippen LogP contribution in [0, 0.1) is 11.6 Å². The minimum Gasteiger partial charge on any atom is -0.381 e. The van der Waals surface area contributed by atoms with E-state index < -0.39 is 11.6 Å². The van der Waals surface area contributed by atoms with Crippen molar-refractivity contribution in [3.8, 4) is 0 Å². The molecule has 1 rings (SSSR count). The molecule has 0 unspecified atom stereocenters. The second kappa shape index (κ2) is 8.14. The van der Waals surface area contributed by atoms with Crippen LogP contribution in [-0.4, -0.2) is 19.8 Å². The van der Waals surface area contributed by atoms with Crippen molar-refractivity contribution in [1.29, 1.82) is 0 Å². The van der Waals surface area contributed by atoms with E-state index >= 15 is 0 Å². The first kappa shape index (κ1) is 14.1. The van der Waals surface area contributed by atoms with Crippen molar-refractivity contribution < 1.29 is 13.5 Å². The summed E-state index contributed by atoms with van der Waals surface area (Å²) in [6, 6.07) is 3.90. The molecule has 0 saturated heterocycles. The van der Waals surface area contributed by atoms with Crippen molar-refractivity contribution in [2.75, 3.05) is 19.8 Å². The molecule has 17 heavy (non-hydrogen) atoms. The van der Waals surface area contributed by atoms with Crippen molar-refractivity contribution in [2.24, 2.45) is 0 Å². The lowest BCUT2D eigenvalue weighted by Gasteiger charge is -2.07. The molecule has 96 valence electrons. The summed E-state index contributed by atoms with van der Waals surface area (Å²) in [4.78, 5) is 0. The number of halogens is 2. The van der Waals surface area contributed by atoms with Crippen LogP contribution in [0.2, 0.25) is 0 Å². The van der Waals surface area contributed by atoms with Gasteiger partial charge in [0.25, 0.3) is 0 Å². The van der Waals surface area contributed by atoms with Crippen LogP contribution in [0.5, 0.6) is 0 Å². The molecular weight excluding hydrogens is 224 g/mol. The Bertz CT molecular complexity index is 311. The van der Waals surface area contributed by atoms with Crippen LogP contribution < -0.4 is 5.32 Å². The average molecular weight is 243 g/mol. The Morgan fingerprint density at radius 1 is 1.18 bits per heavy atom. The lowest BCUT2D eigenvalue weighted by Crippen LogP contribution is -2.18. The summed E-state index contributed by atoms with van der Waals surface area (Å²) in [6.07, 6.45) is 1.85. The monoisotopic (exact) mass is 243 g/mol. The van der Waals surface area contributed by atoms with Gasteiger partial charge in [0.2, 0.25) is 0 Å². The number of hydrogen-bond donors (Lipinski definition) is 1. The van der Waals surface area contributed by atoms with Gasteiger partial charge in [-0.2, -0.15) is 0 Å². The Hall–Kier alpha value is -1.00. The largest absolute Gasteiger partial charge is 0.381 e. The molecule has 0 fully saturated rings. The highest BCUT2D eigenvalue weighted by Gasteiger charge is 2.06. The molecule has 0 aliphatic heterocycles. The maximum Gasteiger partial charge on any atom is 0.130 e. The Labute approximate surface area is 101 Å². The highest BCUT2D eigenvalue weighted by atomic mass is 19.1. The molecule has 1 N–H and O–H groups in total. The van der Waals surface area contributed by atoms with Gasteiger partial charge in [-0.25, -0.2) is 8.78 Å². The van der Waals surface area contributed by atoms with Gasteiger partial charge in [0.1, 0.15) is 11.6 Å². The standard InChI is InChI=1S/C13H19F2NO/c1-2-8-17-9-4-7-16-10-11-12(14)5-3-6-13(11)15/h3,5-6,16H,2,4,7-10H2,1H3. The second-order valence-corrected chi connectivity index (χ2v) is 3.84. The predicted octanol–water partition coefficient (Wildman–Crippen LogP) is 2.87. The molecule has 0 spiro atoms. The van der Waals surface area contributed by atoms with Crippen LogP contribution in [0.15, 0.2) is 18.2 Å². The fourth-order valence-electron chi connectivity index (χ4n) is 1.46. The molecule has 0 aromatic heterocycles. The Kier molecular flexibility index (Phi) is 6.74. The van der Waals surface area contributed by atoms with Crippen LogP contribution in [-0.2, 0) is 11.3 Å². The van der Waals surface area contributed by atoms with Crippen molar-refractivity contribution in [3.63, 3.8) is 0 Å². The van der Waals surface area contributed by atoms with Gasteiger partial charge in [0, 0.05) is 25.3 Å². The van der Waals surface area contributed by atoms with Gasteiger partial charge in [-0.05, 0) is 31.5 Å². The molecule has 0 aliphatic carbocycles. The highest BCUT2D eigenvalue weighted by molar-refractivity contribution is 5.19. The summed E-state index contributed by atoms with van der Waals surface area (Å²) in [5.74, 6) is -1.00. The zero-order valence-electron chi connectivity index (χ0n) is 10.1. The van der Waals surface area contributed by atoms with Crippen LogP contribution in [0.25, 0.3) is 0 Å². The molecular formula is C13H19F2NO. The first-order valence-electron chi connectivity index (χ1n) is 5.97. The molecule has 0 radical (unpaired) electrons. The molecule has 0 saturated carbocycles. The Balaban J connectivity index is 2.18. The topological polar surface area (TPSA) is 21.3 Å². The minimum absolute atomic E-state index is 0.0991. The van der Waals surface area contributed by atoms with Crippen molar-refractivity contribution >= 4 is 0 Å². The maximum absolute atomic E-state index is 13.2. The molecule has 0 amide bonds. The van der Waals surface area contributed by atoms with Gasteiger partial charge in [-0.15, -0.1) is 0 Å². The molecule has 0 heterocycles. The summed E-state index contributed by atoms with van der Waals surface area (Å²) in [5, 5.41) is 3.00. The molecule has 0 bridgehead atoms. The van der Waals surface area contributed by atoms with Gasteiger partial charge in [-0.1, -0.05) is 13.0 Å². The van der Waals surface area contributed by atoms with Crippen LogP contribution in [0.4, 0.5) is 8.78 Å². The van der Waals surface area contributed by atoms with Gasteiger partial charge in [-0.3, -0.25) is 0 Å². The van der Waals surface area contributed by atoms with Crippen molar-refractivity contribution in [2.45, 2.75) is 26.3 Å². The lowest BCUT2D eigenvalue weighted by molar-refractivity contribution is 0.132. The molecule has 1 aromatic rings. The zero-order chi connectivity index (χ0) is 12.5. The fraction of sp³-hybridized carbons (Fsp3) is 0.538. The number of ether oxygens (including phenoxy) is 1. The van der Waals surface area contributed by atoms with E-state index in [4.69, 9.17) is 4.74 Å². The smallest absolute Gasteiger partial charge is 0.130 e. The van der Waals surface area contributed by atoms with E-state index in [1.54, 1.807) is 0 Å². The molecule has 0 aliphatic rings. The number of benzene rings is 1. The zero-order valence-corrected chi connectivity index (χ0v) is 10.1. The Morgan fingerprint density at radius 2 is 1.88 bits per heavy atom. The van der Waals surface area contributed by atoms with Crippen LogP contribution >= 0.6 is 0 Å². The van der Waals surface area contributed by atoms with E-state index in [2.05, 4.69) is 12.2 Å². The van der Waals surface area contributed by atoms with Gasteiger partial charge >= 0.3 is 0 Å². The Morgan fingerprint density at radius 3 is 2.53 bits per heavy atom. The van der Waals surface area contributed by atoms with Crippen LogP contribution in [0.3, 0.4) is 0 Å². The van der Waals surface area contributed by atoms with E-state index in [1.807, 2.05) is 0 Å². The lowest BCUT2D eigenvalue weighted by atomic mass is 10.2. The van der Waals surface area contributed by atoms with Gasteiger partial charge < -0.3 is 10.1 Å². The van der Waals surface area contributed by atoms with Gasteiger partial charge in [0.05, 0.1) is 0 Å². The van der Waals surface area contributed by atoms with Crippen LogP contribution in [0.1, 0.15) is 25.3 Å². The van der Waals surface area contributed by atoms with E-state index in [1.165, 1.54) is 18.2 Å². The SMILES string of the molecule is CCCOCCCNCc1c(F)cccc1F. The van der Waals surface area contributed by atoms with E-state index in [0.717, 1.165) is 19.4 Å². The fourth-order valence-corrected chi connectivity index (χ4v) is 1.46. The van der Waals surface area contributed by atoms with Crippen molar-refractivity contribution in [3.05, 3.63) is 35.4 Å². The molecule has 2 nitrogen and oxygen atoms in total. The quantitative estimate of drug-likeness (QED) is 0.709. The number of rotatable bonds is 8. The van der Waals surface area contributed by atoms with E-state index in [-0.39, 0.29) is 12.1 Å². The summed E-state index contributed by atoms with van der Waals surface area (Å²) in [5.41, 5.74) is 0.0991. The third-order valence-electron chi connectivity index (χ3n) is 2.35. The first-order chi connectivity index (χ1) is 8.25. The predicted molar refractivity (Wildman–Crippen MR) is 63.8 cm³/mol. The summed E-state index contributed by atoms with van der Waals surface area (Å²) in [7, 11) is 0. The maximum atomic E-state index is 13.2. The number of nitrogens with one attached hydrogen (secondary N) is 1. The summed E-state index contributed by atoms with van der Waals surface area (Å²) >= 11 is 0. The second-order valence-electron chi connectivity index (χ2n) is 3.84. The van der Waals surface area contributed by atoms with Crippen molar-refractivity contribution in [1.82, 2.24) is 5.32 Å². The average Bonchev–Trinajstić information content (AvgIpc) is 2.31.